The number of aliphatic hydroxyl groups is 2. The quantitative estimate of drug-likeness (QED) is 0.485. The normalized spacial score (nSPS) is 6.00. The van der Waals surface area contributed by atoms with Crippen LogP contribution < -0.4 is 0 Å². The fraction of sp³-hybridized carbons (Fsp3) is 1.00. The zero-order valence-electron chi connectivity index (χ0n) is 2.31. The van der Waals surface area contributed by atoms with E-state index in [1.54, 1.807) is 0 Å². The van der Waals surface area contributed by atoms with E-state index in [0.29, 0.717) is 0 Å². The Morgan fingerprint density at radius 3 is 1.20 bits per heavy atom. The number of hydrogen-bond donors (Lipinski definition) is 2. The summed E-state index contributed by atoms with van der Waals surface area (Å²) in [6.45, 7) is -0.250. The molecule has 0 aliphatic carbocycles. The zero-order chi connectivity index (χ0) is 3.41. The van der Waals surface area contributed by atoms with Crippen LogP contribution in [0.4, 0.5) is 0 Å². The van der Waals surface area contributed by atoms with Crippen LogP contribution in [0.25, 0.3) is 0 Å². The van der Waals surface area contributed by atoms with E-state index in [2.05, 4.69) is 0 Å². The summed E-state index contributed by atoms with van der Waals surface area (Å²) >= 11 is 0. The van der Waals surface area contributed by atoms with E-state index in [9.17, 15) is 0 Å². The number of aliphatic hydroxyl groups excluding tert-OH is 2. The molecule has 0 aromatic heterocycles. The van der Waals surface area contributed by atoms with Gasteiger partial charge in [-0.05, 0) is 0 Å². The number of hydrogen-bond acceptors (Lipinski definition) is 2. The predicted molar refractivity (Wildman–Crippen MR) is 22.7 cm³/mol. The molecule has 0 aliphatic heterocycles. The van der Waals surface area contributed by atoms with Crippen molar-refractivity contribution < 1.29 is 10.2 Å². The molecule has 0 saturated heterocycles. The monoisotopic (exact) mass is 202 g/mol. The van der Waals surface area contributed by atoms with Crippen molar-refractivity contribution in [3.05, 3.63) is 0 Å². The van der Waals surface area contributed by atoms with Crippen LogP contribution in [0.2, 0.25) is 0 Å². The molecule has 0 aromatic rings. The molecule has 0 rings (SSSR count). The first-order valence-corrected chi connectivity index (χ1v) is 1.13. The molecule has 0 amide bonds. The molecular formula is C2H8BaO2. The van der Waals surface area contributed by atoms with Gasteiger partial charge >= 0.3 is 48.9 Å². The molecule has 0 aliphatic rings. The summed E-state index contributed by atoms with van der Waals surface area (Å²) < 4.78 is 0. The molecule has 2 N–H and O–H groups in total. The molecule has 0 aromatic carbocycles. The Morgan fingerprint density at radius 2 is 1.20 bits per heavy atom. The van der Waals surface area contributed by atoms with Gasteiger partial charge in [0.05, 0.1) is 13.2 Å². The van der Waals surface area contributed by atoms with Crippen molar-refractivity contribution in [1.82, 2.24) is 0 Å². The summed E-state index contributed by atoms with van der Waals surface area (Å²) in [5, 5.41) is 15.2. The Kier molecular flexibility index (Phi) is 17.6. The van der Waals surface area contributed by atoms with Crippen molar-refractivity contribution in [2.75, 3.05) is 13.2 Å². The summed E-state index contributed by atoms with van der Waals surface area (Å²) in [4.78, 5) is 0. The molecule has 0 atom stereocenters. The molecule has 0 spiro atoms. The second kappa shape index (κ2) is 9.09. The van der Waals surface area contributed by atoms with Gasteiger partial charge in [0.2, 0.25) is 0 Å². The van der Waals surface area contributed by atoms with Crippen LogP contribution in [0.3, 0.4) is 0 Å². The summed E-state index contributed by atoms with van der Waals surface area (Å²) in [7, 11) is 0. The first-order valence-electron chi connectivity index (χ1n) is 1.13. The molecule has 0 radical (unpaired) electrons. The Labute approximate surface area is 71.3 Å². The van der Waals surface area contributed by atoms with Gasteiger partial charge in [-0.15, -0.1) is 0 Å². The van der Waals surface area contributed by atoms with Crippen molar-refractivity contribution in [3.63, 3.8) is 0 Å². The Morgan fingerprint density at radius 1 is 1.00 bits per heavy atom. The molecule has 30 valence electrons. The zero-order valence-corrected chi connectivity index (χ0v) is 2.31. The van der Waals surface area contributed by atoms with Gasteiger partial charge in [0.25, 0.3) is 0 Å². The van der Waals surface area contributed by atoms with Crippen LogP contribution in [0.5, 0.6) is 0 Å². The van der Waals surface area contributed by atoms with E-state index in [4.69, 9.17) is 10.2 Å². The summed E-state index contributed by atoms with van der Waals surface area (Å²) in [5.74, 6) is 0. The van der Waals surface area contributed by atoms with Gasteiger partial charge in [-0.1, -0.05) is 0 Å². The third kappa shape index (κ3) is 10.8. The standard InChI is InChI=1S/C2H6O2.Ba.2H/c3-1-2-4;;;/h3-4H,1-2H2;;;. The molecular weight excluding hydrogens is 193 g/mol. The van der Waals surface area contributed by atoms with Crippen LogP contribution in [-0.4, -0.2) is 72.3 Å². The Balaban J connectivity index is 0. The first-order chi connectivity index (χ1) is 1.91. The van der Waals surface area contributed by atoms with Gasteiger partial charge in [0.1, 0.15) is 0 Å². The molecule has 5 heavy (non-hydrogen) atoms. The summed E-state index contributed by atoms with van der Waals surface area (Å²) in [6, 6.07) is 0. The average Bonchev–Trinajstić information content (AvgIpc) is 1.37. The molecule has 0 unspecified atom stereocenters. The van der Waals surface area contributed by atoms with Crippen LogP contribution in [0, 0.1) is 0 Å². The van der Waals surface area contributed by atoms with Gasteiger partial charge in [0.15, 0.2) is 0 Å². The van der Waals surface area contributed by atoms with Crippen molar-refractivity contribution in [1.29, 1.82) is 0 Å². The van der Waals surface area contributed by atoms with E-state index in [0.717, 1.165) is 0 Å². The van der Waals surface area contributed by atoms with E-state index < -0.39 is 0 Å². The van der Waals surface area contributed by atoms with Crippen LogP contribution >= 0.6 is 0 Å². The SMILES string of the molecule is OCCO.[BaH2]. The van der Waals surface area contributed by atoms with Gasteiger partial charge in [-0.2, -0.15) is 0 Å². The van der Waals surface area contributed by atoms with Crippen molar-refractivity contribution in [2.24, 2.45) is 0 Å². The third-order valence-corrected chi connectivity index (χ3v) is 0.1000. The summed E-state index contributed by atoms with van der Waals surface area (Å²) in [6.07, 6.45) is 0. The van der Waals surface area contributed by atoms with Crippen LogP contribution in [0.15, 0.2) is 0 Å². The molecule has 0 fully saturated rings. The van der Waals surface area contributed by atoms with Gasteiger partial charge in [-0.25, -0.2) is 0 Å². The van der Waals surface area contributed by atoms with E-state index in [1.165, 1.54) is 0 Å². The average molecular weight is 201 g/mol. The molecule has 0 heterocycles. The van der Waals surface area contributed by atoms with Gasteiger partial charge in [0, 0.05) is 0 Å². The summed E-state index contributed by atoms with van der Waals surface area (Å²) in [5.41, 5.74) is 0. The van der Waals surface area contributed by atoms with Crippen LogP contribution in [-0.2, 0) is 0 Å². The minimum atomic E-state index is -0.125. The molecule has 3 heteroatoms. The van der Waals surface area contributed by atoms with E-state index >= 15 is 0 Å². The van der Waals surface area contributed by atoms with Gasteiger partial charge < -0.3 is 10.2 Å². The third-order valence-electron chi connectivity index (χ3n) is 0.1000. The van der Waals surface area contributed by atoms with Crippen LogP contribution in [0.1, 0.15) is 0 Å². The molecule has 2 nitrogen and oxygen atoms in total. The Bertz CT molecular complexity index is 9.61. The fourth-order valence-corrected chi connectivity index (χ4v) is 0. The van der Waals surface area contributed by atoms with Crippen molar-refractivity contribution in [2.45, 2.75) is 0 Å². The number of rotatable bonds is 1. The van der Waals surface area contributed by atoms with E-state index in [-0.39, 0.29) is 62.1 Å². The second-order valence-corrected chi connectivity index (χ2v) is 0.447. The maximum atomic E-state index is 7.62. The Hall–Kier alpha value is 1.49. The molecule has 0 saturated carbocycles. The van der Waals surface area contributed by atoms with E-state index in [1.807, 2.05) is 0 Å². The second-order valence-electron chi connectivity index (χ2n) is 0.447. The molecule has 0 bridgehead atoms. The van der Waals surface area contributed by atoms with Crippen molar-refractivity contribution in [3.8, 4) is 0 Å². The maximum absolute atomic E-state index is 7.62. The van der Waals surface area contributed by atoms with Crippen molar-refractivity contribution >= 4 is 48.9 Å². The fourth-order valence-electron chi connectivity index (χ4n) is 0. The minimum absolute atomic E-state index is 0. The predicted octanol–water partition coefficient (Wildman–Crippen LogP) is -1.95. The topological polar surface area (TPSA) is 40.5 Å². The first kappa shape index (κ1) is 9.70. The van der Waals surface area contributed by atoms with Gasteiger partial charge in [-0.3, -0.25) is 0 Å².